The van der Waals surface area contributed by atoms with Gasteiger partial charge in [-0.15, -0.1) is 5.10 Å². The lowest BCUT2D eigenvalue weighted by Gasteiger charge is -2.26. The number of hydrogen-bond donors (Lipinski definition) is 0. The molecule has 3 aromatic carbocycles. The van der Waals surface area contributed by atoms with E-state index in [4.69, 9.17) is 19.3 Å². The van der Waals surface area contributed by atoms with Gasteiger partial charge in [0.2, 0.25) is 15.0 Å². The van der Waals surface area contributed by atoms with Crippen molar-refractivity contribution in [3.63, 3.8) is 0 Å². The number of fused-ring (bicyclic) bond motifs is 1. The summed E-state index contributed by atoms with van der Waals surface area (Å²) < 4.78 is 48.2. The summed E-state index contributed by atoms with van der Waals surface area (Å²) in [6.07, 6.45) is 8.77. The number of thiazole rings is 1. The molecular weight excluding hydrogens is 677 g/mol. The second-order valence-electron chi connectivity index (χ2n) is 11.2. The summed E-state index contributed by atoms with van der Waals surface area (Å²) in [4.78, 5) is 18.7. The largest absolute Gasteiger partial charge is 0.493 e. The minimum Gasteiger partial charge on any atom is -0.493 e. The second-order valence-corrected chi connectivity index (χ2v) is 14.1. The van der Waals surface area contributed by atoms with Crippen LogP contribution in [0.4, 0.5) is 0 Å². The molecule has 0 bridgehead atoms. The van der Waals surface area contributed by atoms with Crippen LogP contribution in [0.15, 0.2) is 101 Å². The lowest BCUT2D eigenvalue weighted by Crippen LogP contribution is -2.40. The van der Waals surface area contributed by atoms with Crippen LogP contribution in [0.2, 0.25) is 0 Å². The van der Waals surface area contributed by atoms with Crippen molar-refractivity contribution >= 4 is 44.5 Å². The van der Waals surface area contributed by atoms with Crippen molar-refractivity contribution in [2.24, 2.45) is 0 Å². The Morgan fingerprint density at radius 3 is 2.56 bits per heavy atom. The Bertz CT molecular complexity index is 2430. The van der Waals surface area contributed by atoms with Gasteiger partial charge in [-0.25, -0.2) is 13.1 Å². The van der Waals surface area contributed by atoms with Crippen LogP contribution in [0.5, 0.6) is 11.5 Å². The number of aromatic nitrogens is 5. The summed E-state index contributed by atoms with van der Waals surface area (Å²) in [5.74, 6) is 1.56. The minimum atomic E-state index is -3.74. The zero-order valence-electron chi connectivity index (χ0n) is 27.0. The first kappa shape index (κ1) is 33.1. The fraction of sp³-hybridized carbons (Fsp3) is 0.167. The number of sulfonamides is 1. The molecule has 0 atom stereocenters. The van der Waals surface area contributed by atoms with Crippen LogP contribution < -0.4 is 19.6 Å². The van der Waals surface area contributed by atoms with E-state index in [9.17, 15) is 13.2 Å². The van der Waals surface area contributed by atoms with E-state index in [0.29, 0.717) is 76.5 Å². The lowest BCUT2D eigenvalue weighted by atomic mass is 10.1. The van der Waals surface area contributed by atoms with Crippen LogP contribution in [0.3, 0.4) is 0 Å². The van der Waals surface area contributed by atoms with Crippen molar-refractivity contribution in [1.29, 1.82) is 0 Å². The van der Waals surface area contributed by atoms with Gasteiger partial charge < -0.3 is 14.2 Å². The summed E-state index contributed by atoms with van der Waals surface area (Å²) in [5, 5.41) is 9.28. The first-order valence-electron chi connectivity index (χ1n) is 15.7. The SMILES string of the molecule is C=CCOc1ccc(/C=C/c2nc3s/c(=C\c4cn(-c5ccccc5)nc4-c4cccc(S(=O)(=O)N5CCOCC5)c4)c(=O)n3n2)cc1OC. The van der Waals surface area contributed by atoms with Crippen molar-refractivity contribution < 1.29 is 22.6 Å². The molecule has 4 heterocycles. The zero-order valence-corrected chi connectivity index (χ0v) is 28.6. The van der Waals surface area contributed by atoms with Crippen LogP contribution >= 0.6 is 11.3 Å². The van der Waals surface area contributed by atoms with Gasteiger partial charge in [0.1, 0.15) is 12.3 Å². The predicted octanol–water partition coefficient (Wildman–Crippen LogP) is 4.32. The maximum Gasteiger partial charge on any atom is 0.291 e. The molecule has 0 aliphatic carbocycles. The Hall–Kier alpha value is -5.41. The molecule has 12 nitrogen and oxygen atoms in total. The molecule has 0 N–H and O–H groups in total. The maximum atomic E-state index is 13.6. The second kappa shape index (κ2) is 14.2. The lowest BCUT2D eigenvalue weighted by molar-refractivity contribution is 0.0730. The Kier molecular flexibility index (Phi) is 9.41. The number of nitrogens with zero attached hydrogens (tertiary/aromatic N) is 6. The summed E-state index contributed by atoms with van der Waals surface area (Å²) in [7, 11) is -2.17. The topological polar surface area (TPSA) is 130 Å². The minimum absolute atomic E-state index is 0.163. The zero-order chi connectivity index (χ0) is 34.7. The van der Waals surface area contributed by atoms with E-state index in [1.54, 1.807) is 48.2 Å². The van der Waals surface area contributed by atoms with Gasteiger partial charge in [-0.3, -0.25) is 4.79 Å². The van der Waals surface area contributed by atoms with E-state index in [1.165, 1.54) is 20.2 Å². The average molecular weight is 709 g/mol. The molecule has 0 spiro atoms. The number of ether oxygens (including phenoxy) is 3. The highest BCUT2D eigenvalue weighted by atomic mass is 32.2. The molecule has 254 valence electrons. The maximum absolute atomic E-state index is 13.6. The van der Waals surface area contributed by atoms with Crippen molar-refractivity contribution in [2.75, 3.05) is 40.0 Å². The Labute approximate surface area is 291 Å². The van der Waals surface area contributed by atoms with E-state index in [2.05, 4.69) is 16.7 Å². The molecule has 0 amide bonds. The molecule has 3 aromatic heterocycles. The number of benzene rings is 3. The predicted molar refractivity (Wildman–Crippen MR) is 192 cm³/mol. The number of para-hydroxylation sites is 1. The molecule has 0 radical (unpaired) electrons. The monoisotopic (exact) mass is 708 g/mol. The van der Waals surface area contributed by atoms with E-state index in [1.807, 2.05) is 66.9 Å². The quantitative estimate of drug-likeness (QED) is 0.181. The average Bonchev–Trinajstić information content (AvgIpc) is 3.85. The molecule has 14 heteroatoms. The van der Waals surface area contributed by atoms with Crippen LogP contribution in [-0.4, -0.2) is 77.1 Å². The van der Waals surface area contributed by atoms with Crippen molar-refractivity contribution in [3.05, 3.63) is 123 Å². The van der Waals surface area contributed by atoms with Crippen molar-refractivity contribution in [2.45, 2.75) is 4.90 Å². The third-order valence-corrected chi connectivity index (χ3v) is 10.8. The third kappa shape index (κ3) is 6.73. The van der Waals surface area contributed by atoms with Gasteiger partial charge in [0.15, 0.2) is 17.3 Å². The fourth-order valence-electron chi connectivity index (χ4n) is 5.46. The number of methoxy groups -OCH3 is 1. The summed E-state index contributed by atoms with van der Waals surface area (Å²) in [5.41, 5.74) is 3.06. The number of morpholine rings is 1. The fourth-order valence-corrected chi connectivity index (χ4v) is 7.82. The highest BCUT2D eigenvalue weighted by Gasteiger charge is 2.27. The van der Waals surface area contributed by atoms with E-state index in [0.717, 1.165) is 11.3 Å². The van der Waals surface area contributed by atoms with Crippen LogP contribution in [0.25, 0.3) is 40.1 Å². The summed E-state index contributed by atoms with van der Waals surface area (Å²) in [6, 6.07) is 21.8. The van der Waals surface area contributed by atoms with Gasteiger partial charge in [-0.1, -0.05) is 66.5 Å². The molecular formula is C36H32N6O6S2. The van der Waals surface area contributed by atoms with Crippen molar-refractivity contribution in [1.82, 2.24) is 28.7 Å². The number of hydrogen-bond acceptors (Lipinski definition) is 10. The molecule has 0 unspecified atom stereocenters. The van der Waals surface area contributed by atoms with Crippen molar-refractivity contribution in [3.8, 4) is 28.4 Å². The molecule has 6 aromatic rings. The third-order valence-electron chi connectivity index (χ3n) is 7.93. The molecule has 0 saturated carbocycles. The highest BCUT2D eigenvalue weighted by molar-refractivity contribution is 7.89. The number of rotatable bonds is 11. The smallest absolute Gasteiger partial charge is 0.291 e. The standard InChI is InChI=1S/C36H32N6O6S2/c1-3-18-48-30-14-12-25(21-31(30)46-2)13-15-33-37-36-42(38-33)35(43)32(49-36)23-27-24-41(28-9-5-4-6-10-28)39-34(27)26-8-7-11-29(22-26)50(44,45)40-16-19-47-20-17-40/h3-15,21-24H,1,16-20H2,2H3/b15-13+,32-23-. The van der Waals surface area contributed by atoms with Gasteiger partial charge in [0, 0.05) is 30.4 Å². The molecule has 1 fully saturated rings. The van der Waals surface area contributed by atoms with Crippen LogP contribution in [0, 0.1) is 0 Å². The van der Waals surface area contributed by atoms with Crippen LogP contribution in [0.1, 0.15) is 17.0 Å². The van der Waals surface area contributed by atoms with Gasteiger partial charge in [0.25, 0.3) is 5.56 Å². The Balaban J connectivity index is 1.23. The molecule has 1 saturated heterocycles. The molecule has 1 aliphatic rings. The van der Waals surface area contributed by atoms with Gasteiger partial charge in [0.05, 0.1) is 35.4 Å². The normalized spacial score (nSPS) is 14.5. The summed E-state index contributed by atoms with van der Waals surface area (Å²) in [6.45, 7) is 5.31. The van der Waals surface area contributed by atoms with Gasteiger partial charge >= 0.3 is 0 Å². The first-order valence-corrected chi connectivity index (χ1v) is 17.9. The first-order chi connectivity index (χ1) is 24.3. The summed E-state index contributed by atoms with van der Waals surface area (Å²) >= 11 is 1.20. The van der Waals surface area contributed by atoms with E-state index in [-0.39, 0.29) is 10.5 Å². The van der Waals surface area contributed by atoms with Gasteiger partial charge in [-0.05, 0) is 54.1 Å². The van der Waals surface area contributed by atoms with Crippen LogP contribution in [-0.2, 0) is 14.8 Å². The van der Waals surface area contributed by atoms with E-state index < -0.39 is 10.0 Å². The van der Waals surface area contributed by atoms with E-state index >= 15 is 0 Å². The molecule has 7 rings (SSSR count). The Morgan fingerprint density at radius 2 is 1.80 bits per heavy atom. The highest BCUT2D eigenvalue weighted by Crippen LogP contribution is 2.30. The molecule has 50 heavy (non-hydrogen) atoms. The van der Waals surface area contributed by atoms with Gasteiger partial charge in [-0.2, -0.15) is 18.9 Å². The Morgan fingerprint density at radius 1 is 0.980 bits per heavy atom. The molecule has 1 aliphatic heterocycles.